The van der Waals surface area contributed by atoms with Gasteiger partial charge in [0.05, 0.1) is 5.69 Å². The first kappa shape index (κ1) is 18.1. The summed E-state index contributed by atoms with van der Waals surface area (Å²) in [7, 11) is 0. The summed E-state index contributed by atoms with van der Waals surface area (Å²) in [6, 6.07) is 11.9. The van der Waals surface area contributed by atoms with Gasteiger partial charge in [0.2, 0.25) is 5.91 Å². The number of hydrogen-bond donors (Lipinski definition) is 1. The number of fused-ring (bicyclic) bond motifs is 1. The van der Waals surface area contributed by atoms with Crippen LogP contribution in [0.4, 0.5) is 11.4 Å². The zero-order chi connectivity index (χ0) is 19.8. The van der Waals surface area contributed by atoms with Crippen LogP contribution in [-0.2, 0) is 14.4 Å². The second-order valence-corrected chi connectivity index (χ2v) is 7.04. The fourth-order valence-corrected chi connectivity index (χ4v) is 3.48. The van der Waals surface area contributed by atoms with Crippen LogP contribution in [0.3, 0.4) is 0 Å². The Morgan fingerprint density at radius 2 is 1.93 bits per heavy atom. The van der Waals surface area contributed by atoms with E-state index in [1.807, 2.05) is 25.1 Å². The largest absolute Gasteiger partial charge is 0.324 e. The molecule has 1 saturated heterocycles. The second kappa shape index (κ2) is 7.05. The Balaban J connectivity index is 1.49. The van der Waals surface area contributed by atoms with E-state index in [4.69, 9.17) is 11.6 Å². The highest BCUT2D eigenvalue weighted by atomic mass is 35.5. The minimum absolute atomic E-state index is 0.193. The third-order valence-electron chi connectivity index (χ3n) is 4.53. The average Bonchev–Trinajstić information content (AvgIpc) is 3.15. The fraction of sp³-hybridized carbons (Fsp3) is 0.211. The Kier molecular flexibility index (Phi) is 4.56. The van der Waals surface area contributed by atoms with E-state index in [1.165, 1.54) is 11.1 Å². The van der Waals surface area contributed by atoms with E-state index >= 15 is 0 Å². The quantitative estimate of drug-likeness (QED) is 0.802. The second-order valence-electron chi connectivity index (χ2n) is 6.60. The number of carbonyl (C=O) groups is 3. The SMILES string of the molecule is Cc1cccc(NC(=O)CN2N=N[C@@H]3C(=O)N(c4cccc(Cl)c4)C(=O)[C@@H]32)c1. The molecule has 0 spiro atoms. The molecule has 1 N–H and O–H groups in total. The van der Waals surface area contributed by atoms with Crippen LogP contribution in [0.25, 0.3) is 0 Å². The minimum atomic E-state index is -0.960. The number of amides is 3. The summed E-state index contributed by atoms with van der Waals surface area (Å²) >= 11 is 5.97. The number of aryl methyl sites for hydroxylation is 1. The van der Waals surface area contributed by atoms with Crippen LogP contribution in [0.5, 0.6) is 0 Å². The molecular weight excluding hydrogens is 382 g/mol. The first-order valence-electron chi connectivity index (χ1n) is 8.61. The number of halogens is 1. The predicted molar refractivity (Wildman–Crippen MR) is 103 cm³/mol. The molecule has 8 nitrogen and oxygen atoms in total. The molecule has 0 saturated carbocycles. The van der Waals surface area contributed by atoms with Crippen molar-refractivity contribution in [2.24, 2.45) is 10.3 Å². The van der Waals surface area contributed by atoms with Gasteiger partial charge in [-0.15, -0.1) is 0 Å². The van der Waals surface area contributed by atoms with Gasteiger partial charge in [0.1, 0.15) is 6.54 Å². The van der Waals surface area contributed by atoms with E-state index in [-0.39, 0.29) is 12.5 Å². The summed E-state index contributed by atoms with van der Waals surface area (Å²) in [6.45, 7) is 1.73. The lowest BCUT2D eigenvalue weighted by molar-refractivity contribution is -0.123. The molecule has 2 aromatic rings. The molecule has 0 radical (unpaired) electrons. The number of rotatable bonds is 4. The Hall–Kier alpha value is -3.26. The summed E-state index contributed by atoms with van der Waals surface area (Å²) in [6.07, 6.45) is 0. The van der Waals surface area contributed by atoms with Crippen LogP contribution in [0.1, 0.15) is 5.56 Å². The van der Waals surface area contributed by atoms with Gasteiger partial charge < -0.3 is 5.32 Å². The topological polar surface area (TPSA) is 94.4 Å². The lowest BCUT2D eigenvalue weighted by Crippen LogP contribution is -2.43. The van der Waals surface area contributed by atoms with Gasteiger partial charge in [0, 0.05) is 10.7 Å². The van der Waals surface area contributed by atoms with Crippen molar-refractivity contribution in [1.29, 1.82) is 0 Å². The monoisotopic (exact) mass is 397 g/mol. The number of hydrogen-bond acceptors (Lipinski definition) is 6. The summed E-state index contributed by atoms with van der Waals surface area (Å²) in [4.78, 5) is 38.9. The average molecular weight is 398 g/mol. The first-order valence-corrected chi connectivity index (χ1v) is 8.99. The van der Waals surface area contributed by atoms with E-state index in [2.05, 4.69) is 15.7 Å². The van der Waals surface area contributed by atoms with Crippen molar-refractivity contribution in [3.8, 4) is 0 Å². The van der Waals surface area contributed by atoms with Crippen LogP contribution >= 0.6 is 11.6 Å². The molecule has 2 aromatic carbocycles. The zero-order valence-electron chi connectivity index (χ0n) is 14.9. The minimum Gasteiger partial charge on any atom is -0.324 e. The number of benzene rings is 2. The van der Waals surface area contributed by atoms with E-state index in [1.54, 1.807) is 24.3 Å². The highest BCUT2D eigenvalue weighted by Crippen LogP contribution is 2.32. The van der Waals surface area contributed by atoms with Crippen LogP contribution in [0, 0.1) is 6.92 Å². The third-order valence-corrected chi connectivity index (χ3v) is 4.77. The number of imide groups is 1. The molecule has 3 amide bonds. The van der Waals surface area contributed by atoms with E-state index in [0.717, 1.165) is 10.5 Å². The molecular formula is C19H16ClN5O3. The molecule has 9 heteroatoms. The Morgan fingerprint density at radius 1 is 1.14 bits per heavy atom. The summed E-state index contributed by atoms with van der Waals surface area (Å²) in [5, 5.41) is 12.2. The van der Waals surface area contributed by atoms with Crippen molar-refractivity contribution >= 4 is 40.7 Å². The van der Waals surface area contributed by atoms with E-state index in [0.29, 0.717) is 16.4 Å². The van der Waals surface area contributed by atoms with Crippen LogP contribution in [-0.4, -0.2) is 41.4 Å². The molecule has 0 aliphatic carbocycles. The van der Waals surface area contributed by atoms with Gasteiger partial charge in [0.25, 0.3) is 11.8 Å². The Bertz CT molecular complexity index is 1010. The molecule has 0 bridgehead atoms. The molecule has 28 heavy (non-hydrogen) atoms. The van der Waals surface area contributed by atoms with Crippen molar-refractivity contribution in [2.45, 2.75) is 19.0 Å². The summed E-state index contributed by atoms with van der Waals surface area (Å²) in [5.74, 6) is -1.32. The zero-order valence-corrected chi connectivity index (χ0v) is 15.6. The highest BCUT2D eigenvalue weighted by molar-refractivity contribution is 6.31. The van der Waals surface area contributed by atoms with E-state index < -0.39 is 23.9 Å². The predicted octanol–water partition coefficient (Wildman–Crippen LogP) is 2.58. The third kappa shape index (κ3) is 3.22. The fourth-order valence-electron chi connectivity index (χ4n) is 3.29. The van der Waals surface area contributed by atoms with Gasteiger partial charge in [-0.2, -0.15) is 5.11 Å². The van der Waals surface area contributed by atoms with Gasteiger partial charge in [0.15, 0.2) is 12.1 Å². The smallest absolute Gasteiger partial charge is 0.263 e. The lowest BCUT2D eigenvalue weighted by Gasteiger charge is -2.20. The maximum atomic E-state index is 12.9. The maximum absolute atomic E-state index is 12.9. The van der Waals surface area contributed by atoms with Crippen LogP contribution in [0.15, 0.2) is 58.9 Å². The molecule has 2 aliphatic heterocycles. The van der Waals surface area contributed by atoms with Crippen molar-refractivity contribution in [3.63, 3.8) is 0 Å². The number of nitrogens with zero attached hydrogens (tertiary/aromatic N) is 4. The van der Waals surface area contributed by atoms with Crippen molar-refractivity contribution < 1.29 is 14.4 Å². The van der Waals surface area contributed by atoms with Gasteiger partial charge in [-0.25, -0.2) is 4.90 Å². The summed E-state index contributed by atoms with van der Waals surface area (Å²) in [5.41, 5.74) is 2.02. The molecule has 1 fully saturated rings. The maximum Gasteiger partial charge on any atom is 0.263 e. The van der Waals surface area contributed by atoms with Crippen LogP contribution in [0.2, 0.25) is 5.02 Å². The number of anilines is 2. The number of nitrogens with one attached hydrogen (secondary N) is 1. The van der Waals surface area contributed by atoms with Gasteiger partial charge in [-0.05, 0) is 42.8 Å². The standard InChI is InChI=1S/C19H16ClN5O3/c1-11-4-2-6-13(8-11)21-15(26)10-24-17-16(22-23-24)18(27)25(19(17)28)14-7-3-5-12(20)9-14/h2-9,16-17H,10H2,1H3,(H,21,26)/t16-,17+/m0/s1. The molecule has 2 atom stereocenters. The molecule has 2 heterocycles. The van der Waals surface area contributed by atoms with Crippen molar-refractivity contribution in [2.75, 3.05) is 16.8 Å². The molecule has 142 valence electrons. The van der Waals surface area contributed by atoms with Gasteiger partial charge in [-0.3, -0.25) is 19.4 Å². The molecule has 0 unspecified atom stereocenters. The molecule has 2 aliphatic rings. The van der Waals surface area contributed by atoms with Crippen molar-refractivity contribution in [1.82, 2.24) is 5.01 Å². The van der Waals surface area contributed by atoms with E-state index in [9.17, 15) is 14.4 Å². The molecule has 0 aromatic heterocycles. The normalized spacial score (nSPS) is 20.6. The number of carbonyl (C=O) groups excluding carboxylic acids is 3. The Morgan fingerprint density at radius 3 is 2.68 bits per heavy atom. The molecule has 4 rings (SSSR count). The highest BCUT2D eigenvalue weighted by Gasteiger charge is 2.55. The lowest BCUT2D eigenvalue weighted by atomic mass is 10.1. The van der Waals surface area contributed by atoms with Gasteiger partial charge in [-0.1, -0.05) is 35.0 Å². The summed E-state index contributed by atoms with van der Waals surface area (Å²) < 4.78 is 0. The Labute approximate surface area is 165 Å². The van der Waals surface area contributed by atoms with Gasteiger partial charge >= 0.3 is 0 Å². The van der Waals surface area contributed by atoms with Crippen LogP contribution < -0.4 is 10.2 Å². The van der Waals surface area contributed by atoms with Crippen molar-refractivity contribution in [3.05, 3.63) is 59.1 Å². The first-order chi connectivity index (χ1) is 13.4.